The zero-order chi connectivity index (χ0) is 11.9. The Morgan fingerprint density at radius 2 is 2.12 bits per heavy atom. The number of hydrogen-bond donors (Lipinski definition) is 1. The summed E-state index contributed by atoms with van der Waals surface area (Å²) in [7, 11) is 2.25. The summed E-state index contributed by atoms with van der Waals surface area (Å²) < 4.78 is 0. The van der Waals surface area contributed by atoms with Gasteiger partial charge in [-0.3, -0.25) is 4.90 Å². The van der Waals surface area contributed by atoms with E-state index in [9.17, 15) is 0 Å². The summed E-state index contributed by atoms with van der Waals surface area (Å²) in [4.78, 5) is 2.51. The Hall–Kier alpha value is -0.860. The first-order chi connectivity index (χ1) is 8.26. The molecule has 3 atom stereocenters. The maximum Gasteiger partial charge on any atom is 0.0363 e. The van der Waals surface area contributed by atoms with Gasteiger partial charge < -0.3 is 5.73 Å². The van der Waals surface area contributed by atoms with Gasteiger partial charge in [0, 0.05) is 18.6 Å². The number of hydrogen-bond acceptors (Lipinski definition) is 2. The zero-order valence-electron chi connectivity index (χ0n) is 10.6. The summed E-state index contributed by atoms with van der Waals surface area (Å²) in [5, 5.41) is 0. The Morgan fingerprint density at radius 1 is 1.35 bits per heavy atom. The number of fused-ring (bicyclic) bond motifs is 1. The van der Waals surface area contributed by atoms with E-state index in [4.69, 9.17) is 5.73 Å². The lowest BCUT2D eigenvalue weighted by atomic mass is 9.90. The molecule has 0 heterocycles. The van der Waals surface area contributed by atoms with Crippen molar-refractivity contribution in [2.45, 2.75) is 31.3 Å². The number of nitrogens with two attached hydrogens (primary N) is 1. The van der Waals surface area contributed by atoms with Crippen LogP contribution in [0.3, 0.4) is 0 Å². The van der Waals surface area contributed by atoms with Crippen molar-refractivity contribution in [2.24, 2.45) is 17.6 Å². The van der Waals surface area contributed by atoms with Gasteiger partial charge in [0.25, 0.3) is 0 Å². The smallest absolute Gasteiger partial charge is 0.0363 e. The molecule has 2 aliphatic rings. The first kappa shape index (κ1) is 11.2. The van der Waals surface area contributed by atoms with Crippen molar-refractivity contribution in [3.8, 4) is 0 Å². The van der Waals surface area contributed by atoms with E-state index < -0.39 is 0 Å². The molecule has 0 amide bonds. The predicted octanol–water partition coefficient (Wildman–Crippen LogP) is 2.25. The van der Waals surface area contributed by atoms with Gasteiger partial charge in [-0.05, 0) is 43.7 Å². The van der Waals surface area contributed by atoms with Gasteiger partial charge in [-0.1, -0.05) is 30.3 Å². The second-order valence-corrected chi connectivity index (χ2v) is 5.79. The lowest BCUT2D eigenvalue weighted by Gasteiger charge is -2.40. The molecule has 0 radical (unpaired) electrons. The predicted molar refractivity (Wildman–Crippen MR) is 70.5 cm³/mol. The van der Waals surface area contributed by atoms with E-state index in [1.54, 1.807) is 0 Å². The first-order valence-corrected chi connectivity index (χ1v) is 6.71. The lowest BCUT2D eigenvalue weighted by Crippen LogP contribution is -2.52. The van der Waals surface area contributed by atoms with E-state index >= 15 is 0 Å². The number of benzene rings is 1. The normalized spacial score (nSPS) is 35.0. The number of rotatable bonds is 4. The molecule has 2 saturated carbocycles. The number of likely N-dealkylation sites (N-methyl/N-ethyl adjacent to an activating group) is 1. The van der Waals surface area contributed by atoms with Crippen LogP contribution in [0.2, 0.25) is 0 Å². The Balaban J connectivity index is 1.75. The van der Waals surface area contributed by atoms with Crippen molar-refractivity contribution in [3.05, 3.63) is 35.9 Å². The van der Waals surface area contributed by atoms with Crippen LogP contribution in [0.25, 0.3) is 0 Å². The molecular formula is C15H22N2. The molecule has 0 aliphatic heterocycles. The van der Waals surface area contributed by atoms with Crippen molar-refractivity contribution in [2.75, 3.05) is 13.6 Å². The standard InChI is InChI=1S/C15H22N2/c1-17(10-12-5-3-2-4-6-12)15(11-16)8-7-13-9-14(13)15/h2-6,13-14H,7-11,16H2,1H3. The van der Waals surface area contributed by atoms with Crippen LogP contribution in [0.1, 0.15) is 24.8 Å². The molecule has 92 valence electrons. The molecule has 1 aromatic carbocycles. The molecule has 0 saturated heterocycles. The fourth-order valence-corrected chi connectivity index (χ4v) is 3.74. The van der Waals surface area contributed by atoms with Crippen LogP contribution >= 0.6 is 0 Å². The molecule has 2 nitrogen and oxygen atoms in total. The second-order valence-electron chi connectivity index (χ2n) is 5.79. The average Bonchev–Trinajstić information content (AvgIpc) is 3.05. The molecule has 3 rings (SSSR count). The third-order valence-electron chi connectivity index (χ3n) is 4.94. The molecule has 2 aliphatic carbocycles. The van der Waals surface area contributed by atoms with Gasteiger partial charge in [0.1, 0.15) is 0 Å². The maximum atomic E-state index is 6.10. The van der Waals surface area contributed by atoms with Gasteiger partial charge in [0.15, 0.2) is 0 Å². The van der Waals surface area contributed by atoms with Crippen LogP contribution < -0.4 is 5.73 Å². The summed E-state index contributed by atoms with van der Waals surface area (Å²) in [6.45, 7) is 1.85. The highest BCUT2D eigenvalue weighted by Gasteiger charge is 2.58. The van der Waals surface area contributed by atoms with Crippen molar-refractivity contribution in [1.82, 2.24) is 4.90 Å². The van der Waals surface area contributed by atoms with Gasteiger partial charge in [-0.15, -0.1) is 0 Å². The van der Waals surface area contributed by atoms with Crippen molar-refractivity contribution in [3.63, 3.8) is 0 Å². The fraction of sp³-hybridized carbons (Fsp3) is 0.600. The highest BCUT2D eigenvalue weighted by atomic mass is 15.2. The Kier molecular flexibility index (Phi) is 2.72. The first-order valence-electron chi connectivity index (χ1n) is 6.71. The van der Waals surface area contributed by atoms with Crippen LogP contribution in [-0.2, 0) is 6.54 Å². The molecule has 1 aromatic rings. The molecule has 2 N–H and O–H groups in total. The second kappa shape index (κ2) is 4.11. The monoisotopic (exact) mass is 230 g/mol. The molecule has 0 bridgehead atoms. The topological polar surface area (TPSA) is 29.3 Å². The summed E-state index contributed by atoms with van der Waals surface area (Å²) >= 11 is 0. The lowest BCUT2D eigenvalue weighted by molar-refractivity contribution is 0.101. The fourth-order valence-electron chi connectivity index (χ4n) is 3.74. The molecule has 3 unspecified atom stereocenters. The minimum atomic E-state index is 0.292. The molecule has 0 aromatic heterocycles. The van der Waals surface area contributed by atoms with Crippen molar-refractivity contribution in [1.29, 1.82) is 0 Å². The highest BCUT2D eigenvalue weighted by Crippen LogP contribution is 2.59. The van der Waals surface area contributed by atoms with E-state index in [0.29, 0.717) is 5.54 Å². The average molecular weight is 230 g/mol. The van der Waals surface area contributed by atoms with Crippen LogP contribution in [0.5, 0.6) is 0 Å². The van der Waals surface area contributed by atoms with Gasteiger partial charge in [0.2, 0.25) is 0 Å². The van der Waals surface area contributed by atoms with E-state index in [-0.39, 0.29) is 0 Å². The Labute approximate surface area is 104 Å². The molecule has 2 fully saturated rings. The third-order valence-corrected chi connectivity index (χ3v) is 4.94. The molecule has 17 heavy (non-hydrogen) atoms. The maximum absolute atomic E-state index is 6.10. The zero-order valence-corrected chi connectivity index (χ0v) is 10.6. The number of nitrogens with zero attached hydrogens (tertiary/aromatic N) is 1. The van der Waals surface area contributed by atoms with Gasteiger partial charge in [-0.2, -0.15) is 0 Å². The minimum Gasteiger partial charge on any atom is -0.329 e. The van der Waals surface area contributed by atoms with Crippen LogP contribution in [-0.4, -0.2) is 24.0 Å². The van der Waals surface area contributed by atoms with Crippen LogP contribution in [0.4, 0.5) is 0 Å². The van der Waals surface area contributed by atoms with Crippen molar-refractivity contribution < 1.29 is 0 Å². The van der Waals surface area contributed by atoms with E-state index in [2.05, 4.69) is 42.3 Å². The summed E-state index contributed by atoms with van der Waals surface area (Å²) in [5.41, 5.74) is 7.79. The van der Waals surface area contributed by atoms with Gasteiger partial charge in [0.05, 0.1) is 0 Å². The van der Waals surface area contributed by atoms with Gasteiger partial charge >= 0.3 is 0 Å². The van der Waals surface area contributed by atoms with Gasteiger partial charge in [-0.25, -0.2) is 0 Å². The summed E-state index contributed by atoms with van der Waals surface area (Å²) in [5.74, 6) is 1.86. The summed E-state index contributed by atoms with van der Waals surface area (Å²) in [6, 6.07) is 10.7. The van der Waals surface area contributed by atoms with E-state index in [1.807, 2.05) is 0 Å². The van der Waals surface area contributed by atoms with E-state index in [0.717, 1.165) is 24.9 Å². The Morgan fingerprint density at radius 3 is 2.65 bits per heavy atom. The van der Waals surface area contributed by atoms with Crippen LogP contribution in [0, 0.1) is 11.8 Å². The van der Waals surface area contributed by atoms with Crippen LogP contribution in [0.15, 0.2) is 30.3 Å². The quantitative estimate of drug-likeness (QED) is 0.859. The largest absolute Gasteiger partial charge is 0.329 e. The van der Waals surface area contributed by atoms with E-state index in [1.165, 1.54) is 24.8 Å². The third kappa shape index (κ3) is 1.80. The Bertz CT molecular complexity index is 389. The van der Waals surface area contributed by atoms with Crippen molar-refractivity contribution >= 4 is 0 Å². The molecular weight excluding hydrogens is 208 g/mol. The molecule has 2 heteroatoms. The minimum absolute atomic E-state index is 0.292. The molecule has 0 spiro atoms. The highest BCUT2D eigenvalue weighted by molar-refractivity contribution is 5.18. The SMILES string of the molecule is CN(Cc1ccccc1)C1(CN)CCC2CC21. The summed E-state index contributed by atoms with van der Waals surface area (Å²) in [6.07, 6.45) is 4.10.